The minimum absolute atomic E-state index is 0.0890. The molecule has 21 heavy (non-hydrogen) atoms. The molecule has 1 N–H and O–H groups in total. The number of halogens is 1. The van der Waals surface area contributed by atoms with E-state index in [0.29, 0.717) is 19.6 Å². The van der Waals surface area contributed by atoms with Gasteiger partial charge in [-0.3, -0.25) is 9.69 Å². The molecular weight excluding hydrogens is 271 g/mol. The summed E-state index contributed by atoms with van der Waals surface area (Å²) in [7, 11) is 0. The Balaban J connectivity index is 1.58. The highest BCUT2D eigenvalue weighted by Crippen LogP contribution is 2.31. The fourth-order valence-corrected chi connectivity index (χ4v) is 3.20. The highest BCUT2D eigenvalue weighted by Gasteiger charge is 2.38. The molecule has 0 aromatic heterocycles. The normalized spacial score (nSPS) is 22.8. The summed E-state index contributed by atoms with van der Waals surface area (Å²) in [5.41, 5.74) is 0.699. The lowest BCUT2D eigenvalue weighted by Gasteiger charge is -2.40. The van der Waals surface area contributed by atoms with Gasteiger partial charge in [0.25, 0.3) is 0 Å². The molecule has 0 saturated carbocycles. The molecule has 0 radical (unpaired) electrons. The molecule has 0 bridgehead atoms. The lowest BCUT2D eigenvalue weighted by Crippen LogP contribution is -2.46. The zero-order valence-electron chi connectivity index (χ0n) is 12.1. The van der Waals surface area contributed by atoms with Gasteiger partial charge in [0.2, 0.25) is 5.91 Å². The number of rotatable bonds is 2. The Hall–Kier alpha value is -1.46. The Morgan fingerprint density at radius 2 is 2.14 bits per heavy atom. The number of piperidine rings is 1. The Bertz CT molecular complexity index is 513. The van der Waals surface area contributed by atoms with E-state index in [0.717, 1.165) is 38.0 Å². The van der Waals surface area contributed by atoms with Crippen LogP contribution >= 0.6 is 0 Å². The molecule has 1 spiro atoms. The predicted octanol–water partition coefficient (Wildman–Crippen LogP) is 1.70. The molecule has 1 aromatic rings. The second-order valence-corrected chi connectivity index (χ2v) is 5.96. The minimum atomic E-state index is -0.293. The van der Waals surface area contributed by atoms with Crippen molar-refractivity contribution in [2.45, 2.75) is 31.4 Å². The summed E-state index contributed by atoms with van der Waals surface area (Å²) in [6.45, 7) is 3.71. The summed E-state index contributed by atoms with van der Waals surface area (Å²) in [6, 6.07) is 6.74. The van der Waals surface area contributed by atoms with Gasteiger partial charge >= 0.3 is 0 Å². The van der Waals surface area contributed by atoms with Crippen molar-refractivity contribution in [2.75, 3.05) is 26.2 Å². The van der Waals surface area contributed by atoms with Crippen LogP contribution in [0.5, 0.6) is 0 Å². The van der Waals surface area contributed by atoms with Crippen LogP contribution in [0.4, 0.5) is 4.39 Å². The molecule has 1 aromatic carbocycles. The van der Waals surface area contributed by atoms with Crippen molar-refractivity contribution in [3.63, 3.8) is 0 Å². The highest BCUT2D eigenvalue weighted by molar-refractivity contribution is 5.77. The molecule has 2 aliphatic rings. The summed E-state index contributed by atoms with van der Waals surface area (Å²) >= 11 is 0. The Kier molecular flexibility index (Phi) is 4.22. The monoisotopic (exact) mass is 292 g/mol. The maximum atomic E-state index is 13.2. The zero-order valence-corrected chi connectivity index (χ0v) is 12.1. The number of nitrogens with zero attached hydrogens (tertiary/aromatic N) is 1. The molecule has 2 aliphatic heterocycles. The van der Waals surface area contributed by atoms with Crippen molar-refractivity contribution in [3.05, 3.63) is 35.6 Å². The highest BCUT2D eigenvalue weighted by atomic mass is 19.1. The van der Waals surface area contributed by atoms with Crippen LogP contribution in [-0.4, -0.2) is 42.6 Å². The van der Waals surface area contributed by atoms with Crippen LogP contribution in [0.2, 0.25) is 0 Å². The summed E-state index contributed by atoms with van der Waals surface area (Å²) in [6.07, 6.45) is 2.17. The van der Waals surface area contributed by atoms with Crippen LogP contribution < -0.4 is 5.32 Å². The molecule has 3 rings (SSSR count). The van der Waals surface area contributed by atoms with Gasteiger partial charge in [-0.2, -0.15) is 0 Å². The molecular formula is C16H21FN2O2. The average Bonchev–Trinajstić information content (AvgIpc) is 2.64. The van der Waals surface area contributed by atoms with Gasteiger partial charge < -0.3 is 10.1 Å². The van der Waals surface area contributed by atoms with Crippen molar-refractivity contribution >= 4 is 5.91 Å². The van der Waals surface area contributed by atoms with Crippen molar-refractivity contribution < 1.29 is 13.9 Å². The number of hydrogen-bond donors (Lipinski definition) is 1. The van der Waals surface area contributed by atoms with Crippen LogP contribution in [0.15, 0.2) is 24.3 Å². The van der Waals surface area contributed by atoms with Crippen LogP contribution in [0, 0.1) is 5.82 Å². The van der Waals surface area contributed by atoms with Gasteiger partial charge in [0, 0.05) is 26.2 Å². The smallest absolute Gasteiger partial charge is 0.222 e. The van der Waals surface area contributed by atoms with E-state index in [1.807, 2.05) is 6.07 Å². The largest absolute Gasteiger partial charge is 0.373 e. The van der Waals surface area contributed by atoms with E-state index in [-0.39, 0.29) is 17.3 Å². The standard InChI is InChI=1S/C16H21FN2O2/c17-14-3-1-2-13(10-14)12-19-7-4-16(5-8-19)11-15(20)18-6-9-21-16/h1-3,10H,4-9,11-12H2,(H,18,20). The number of hydrogen-bond acceptors (Lipinski definition) is 3. The Labute approximate surface area is 124 Å². The van der Waals surface area contributed by atoms with Gasteiger partial charge in [0.1, 0.15) is 5.82 Å². The minimum Gasteiger partial charge on any atom is -0.373 e. The Morgan fingerprint density at radius 1 is 1.33 bits per heavy atom. The molecule has 114 valence electrons. The van der Waals surface area contributed by atoms with E-state index in [9.17, 15) is 9.18 Å². The van der Waals surface area contributed by atoms with E-state index in [2.05, 4.69) is 10.2 Å². The van der Waals surface area contributed by atoms with Crippen LogP contribution in [0.25, 0.3) is 0 Å². The number of carbonyl (C=O) groups excluding carboxylic acids is 1. The van der Waals surface area contributed by atoms with E-state index in [4.69, 9.17) is 4.74 Å². The third-order valence-electron chi connectivity index (χ3n) is 4.38. The topological polar surface area (TPSA) is 41.6 Å². The SMILES string of the molecule is O=C1CC2(CCN(Cc3cccc(F)c3)CC2)OCCN1. The van der Waals surface area contributed by atoms with Gasteiger partial charge in [-0.15, -0.1) is 0 Å². The molecule has 1 amide bonds. The van der Waals surface area contributed by atoms with Gasteiger partial charge in [-0.1, -0.05) is 12.1 Å². The fourth-order valence-electron chi connectivity index (χ4n) is 3.20. The first-order chi connectivity index (χ1) is 10.2. The van der Waals surface area contributed by atoms with Crippen LogP contribution in [-0.2, 0) is 16.1 Å². The quantitative estimate of drug-likeness (QED) is 0.902. The second kappa shape index (κ2) is 6.12. The lowest BCUT2D eigenvalue weighted by atomic mass is 9.87. The first-order valence-electron chi connectivity index (χ1n) is 7.53. The molecule has 5 heteroatoms. The number of carbonyl (C=O) groups is 1. The summed E-state index contributed by atoms with van der Waals surface area (Å²) in [5.74, 6) is -0.101. The molecule has 2 heterocycles. The van der Waals surface area contributed by atoms with Gasteiger partial charge in [0.15, 0.2) is 0 Å². The molecule has 0 aliphatic carbocycles. The third kappa shape index (κ3) is 3.60. The summed E-state index contributed by atoms with van der Waals surface area (Å²) in [5, 5.41) is 2.85. The third-order valence-corrected chi connectivity index (χ3v) is 4.38. The van der Waals surface area contributed by atoms with Crippen molar-refractivity contribution in [1.29, 1.82) is 0 Å². The number of likely N-dealkylation sites (tertiary alicyclic amines) is 1. The number of ether oxygens (including phenoxy) is 1. The zero-order chi connectivity index (χ0) is 14.7. The first-order valence-corrected chi connectivity index (χ1v) is 7.53. The van der Waals surface area contributed by atoms with Gasteiger partial charge in [-0.25, -0.2) is 4.39 Å². The second-order valence-electron chi connectivity index (χ2n) is 5.96. The number of amides is 1. The maximum absolute atomic E-state index is 13.2. The van der Waals surface area contributed by atoms with E-state index >= 15 is 0 Å². The summed E-state index contributed by atoms with van der Waals surface area (Å²) in [4.78, 5) is 14.0. The summed E-state index contributed by atoms with van der Waals surface area (Å²) < 4.78 is 19.2. The Morgan fingerprint density at radius 3 is 2.90 bits per heavy atom. The van der Waals surface area contributed by atoms with E-state index in [1.54, 1.807) is 12.1 Å². The van der Waals surface area contributed by atoms with Crippen LogP contribution in [0.3, 0.4) is 0 Å². The first kappa shape index (κ1) is 14.5. The lowest BCUT2D eigenvalue weighted by molar-refractivity contribution is -0.128. The molecule has 2 fully saturated rings. The predicted molar refractivity (Wildman–Crippen MR) is 77.2 cm³/mol. The number of benzene rings is 1. The fraction of sp³-hybridized carbons (Fsp3) is 0.562. The van der Waals surface area contributed by atoms with Gasteiger partial charge in [-0.05, 0) is 30.5 Å². The van der Waals surface area contributed by atoms with E-state index < -0.39 is 0 Å². The average molecular weight is 292 g/mol. The van der Waals surface area contributed by atoms with Crippen LogP contribution in [0.1, 0.15) is 24.8 Å². The van der Waals surface area contributed by atoms with Crippen molar-refractivity contribution in [1.82, 2.24) is 10.2 Å². The van der Waals surface area contributed by atoms with Gasteiger partial charge in [0.05, 0.1) is 18.6 Å². The maximum Gasteiger partial charge on any atom is 0.222 e. The molecule has 0 unspecified atom stereocenters. The van der Waals surface area contributed by atoms with Crippen molar-refractivity contribution in [2.24, 2.45) is 0 Å². The van der Waals surface area contributed by atoms with E-state index in [1.165, 1.54) is 6.07 Å². The molecule has 2 saturated heterocycles. The number of nitrogens with one attached hydrogen (secondary N) is 1. The van der Waals surface area contributed by atoms with Crippen molar-refractivity contribution in [3.8, 4) is 0 Å². The molecule has 4 nitrogen and oxygen atoms in total. The molecule has 0 atom stereocenters.